The molecule has 0 atom stereocenters. The van der Waals surface area contributed by atoms with Crippen LogP contribution in [0.25, 0.3) is 17.3 Å². The highest BCUT2D eigenvalue weighted by molar-refractivity contribution is 7.14. The lowest BCUT2D eigenvalue weighted by molar-refractivity contribution is -0.112. The lowest BCUT2D eigenvalue weighted by Crippen LogP contribution is -2.13. The van der Waals surface area contributed by atoms with Gasteiger partial charge < -0.3 is 10.2 Å². The number of nitrogens with one attached hydrogen (secondary N) is 1. The number of benzene rings is 2. The molecule has 0 aliphatic rings. The van der Waals surface area contributed by atoms with E-state index < -0.39 is 5.91 Å². The van der Waals surface area contributed by atoms with Crippen LogP contribution in [-0.4, -0.2) is 21.1 Å². The van der Waals surface area contributed by atoms with Gasteiger partial charge in [0, 0.05) is 10.9 Å². The Morgan fingerprint density at radius 2 is 1.83 bits per heavy atom. The molecule has 30 heavy (non-hydrogen) atoms. The monoisotopic (exact) mass is 419 g/mol. The highest BCUT2D eigenvalue weighted by Crippen LogP contribution is 2.29. The third kappa shape index (κ3) is 4.85. The van der Waals surface area contributed by atoms with Crippen LogP contribution in [-0.2, 0) is 10.2 Å². The number of amides is 1. The van der Waals surface area contributed by atoms with E-state index in [0.29, 0.717) is 10.7 Å². The van der Waals surface area contributed by atoms with Crippen LogP contribution in [0.1, 0.15) is 31.9 Å². The Kier molecular flexibility index (Phi) is 5.90. The SMILES string of the molecule is CC(C)(C)c1ccc(-c2csc(NC(=O)/C(C#N)=C/c3ccc(O)c(O)c3)n2)cc1. The number of phenolic OH excluding ortho intramolecular Hbond substituents is 2. The van der Waals surface area contributed by atoms with Gasteiger partial charge in [-0.2, -0.15) is 5.26 Å². The molecule has 0 aliphatic heterocycles. The first-order chi connectivity index (χ1) is 14.2. The number of carbonyl (C=O) groups is 1. The molecule has 7 heteroatoms. The van der Waals surface area contributed by atoms with Gasteiger partial charge in [-0.05, 0) is 34.8 Å². The van der Waals surface area contributed by atoms with Gasteiger partial charge in [0.15, 0.2) is 16.6 Å². The molecule has 0 spiro atoms. The van der Waals surface area contributed by atoms with Crippen LogP contribution in [0.2, 0.25) is 0 Å². The molecule has 0 unspecified atom stereocenters. The summed E-state index contributed by atoms with van der Waals surface area (Å²) in [4.78, 5) is 16.9. The second kappa shape index (κ2) is 8.39. The number of hydrogen-bond donors (Lipinski definition) is 3. The van der Waals surface area contributed by atoms with E-state index in [2.05, 4.69) is 43.2 Å². The van der Waals surface area contributed by atoms with Crippen LogP contribution in [0.3, 0.4) is 0 Å². The average Bonchev–Trinajstić information content (AvgIpc) is 3.16. The number of thiazole rings is 1. The molecule has 0 saturated carbocycles. The van der Waals surface area contributed by atoms with Crippen molar-refractivity contribution in [3.8, 4) is 28.8 Å². The molecule has 0 aliphatic carbocycles. The van der Waals surface area contributed by atoms with Gasteiger partial charge in [-0.25, -0.2) is 4.98 Å². The fourth-order valence-electron chi connectivity index (χ4n) is 2.71. The maximum Gasteiger partial charge on any atom is 0.268 e. The molecule has 1 aromatic heterocycles. The first kappa shape index (κ1) is 21.1. The summed E-state index contributed by atoms with van der Waals surface area (Å²) in [5, 5.41) is 33.1. The third-order valence-corrected chi connectivity index (χ3v) is 5.20. The van der Waals surface area contributed by atoms with E-state index in [1.54, 1.807) is 0 Å². The third-order valence-electron chi connectivity index (χ3n) is 4.45. The van der Waals surface area contributed by atoms with E-state index >= 15 is 0 Å². The topological polar surface area (TPSA) is 106 Å². The number of hydrogen-bond acceptors (Lipinski definition) is 6. The van der Waals surface area contributed by atoms with E-state index in [1.165, 1.54) is 41.2 Å². The number of aromatic hydroxyl groups is 2. The van der Waals surface area contributed by atoms with Crippen molar-refractivity contribution in [2.75, 3.05) is 5.32 Å². The Balaban J connectivity index is 1.76. The molecule has 0 saturated heterocycles. The van der Waals surface area contributed by atoms with Crippen LogP contribution in [0.15, 0.2) is 53.4 Å². The summed E-state index contributed by atoms with van der Waals surface area (Å²) in [5.41, 5.74) is 3.23. The van der Waals surface area contributed by atoms with Gasteiger partial charge >= 0.3 is 0 Å². The maximum absolute atomic E-state index is 12.5. The summed E-state index contributed by atoms with van der Waals surface area (Å²) >= 11 is 1.27. The summed E-state index contributed by atoms with van der Waals surface area (Å²) in [5.74, 6) is -1.21. The molecule has 3 aromatic rings. The van der Waals surface area contributed by atoms with Crippen LogP contribution in [0, 0.1) is 11.3 Å². The normalized spacial score (nSPS) is 11.7. The summed E-state index contributed by atoms with van der Waals surface area (Å²) in [6.07, 6.45) is 1.33. The van der Waals surface area contributed by atoms with Gasteiger partial charge in [0.2, 0.25) is 0 Å². The van der Waals surface area contributed by atoms with Crippen LogP contribution < -0.4 is 5.32 Å². The van der Waals surface area contributed by atoms with E-state index in [4.69, 9.17) is 0 Å². The van der Waals surface area contributed by atoms with Gasteiger partial charge in [-0.15, -0.1) is 11.3 Å². The minimum absolute atomic E-state index is 0.0636. The zero-order valence-electron chi connectivity index (χ0n) is 16.8. The largest absolute Gasteiger partial charge is 0.504 e. The lowest BCUT2D eigenvalue weighted by atomic mass is 9.86. The quantitative estimate of drug-likeness (QED) is 0.311. The first-order valence-corrected chi connectivity index (χ1v) is 10.1. The van der Waals surface area contributed by atoms with E-state index in [-0.39, 0.29) is 22.5 Å². The molecule has 152 valence electrons. The summed E-state index contributed by atoms with van der Waals surface area (Å²) in [6, 6.07) is 14.0. The minimum Gasteiger partial charge on any atom is -0.504 e. The van der Waals surface area contributed by atoms with Crippen molar-refractivity contribution >= 4 is 28.5 Å². The fraction of sp³-hybridized carbons (Fsp3) is 0.174. The van der Waals surface area contributed by atoms with Gasteiger partial charge in [-0.3, -0.25) is 10.1 Å². The lowest BCUT2D eigenvalue weighted by Gasteiger charge is -2.18. The van der Waals surface area contributed by atoms with Crippen LogP contribution >= 0.6 is 11.3 Å². The van der Waals surface area contributed by atoms with Gasteiger partial charge in [-0.1, -0.05) is 51.1 Å². The maximum atomic E-state index is 12.5. The minimum atomic E-state index is -0.603. The van der Waals surface area contributed by atoms with Crippen molar-refractivity contribution in [3.63, 3.8) is 0 Å². The van der Waals surface area contributed by atoms with Crippen molar-refractivity contribution in [3.05, 3.63) is 64.5 Å². The fourth-order valence-corrected chi connectivity index (χ4v) is 3.43. The highest BCUT2D eigenvalue weighted by atomic mass is 32.1. The number of phenols is 2. The molecule has 0 bridgehead atoms. The molecule has 0 fully saturated rings. The molecule has 3 N–H and O–H groups in total. The number of anilines is 1. The summed E-state index contributed by atoms with van der Waals surface area (Å²) in [7, 11) is 0. The molecule has 2 aromatic carbocycles. The predicted octanol–water partition coefficient (Wildman–Crippen LogP) is 5.06. The van der Waals surface area contributed by atoms with Crippen molar-refractivity contribution < 1.29 is 15.0 Å². The smallest absolute Gasteiger partial charge is 0.268 e. The molecule has 3 rings (SSSR count). The van der Waals surface area contributed by atoms with Gasteiger partial charge in [0.05, 0.1) is 5.69 Å². The molecule has 6 nitrogen and oxygen atoms in total. The molecular formula is C23H21N3O3S. The van der Waals surface area contributed by atoms with E-state index in [0.717, 1.165) is 11.3 Å². The predicted molar refractivity (Wildman–Crippen MR) is 118 cm³/mol. The molecule has 0 radical (unpaired) electrons. The first-order valence-electron chi connectivity index (χ1n) is 9.19. The van der Waals surface area contributed by atoms with Crippen molar-refractivity contribution in [1.82, 2.24) is 4.98 Å². The zero-order chi connectivity index (χ0) is 21.9. The number of rotatable bonds is 4. The Morgan fingerprint density at radius 1 is 1.13 bits per heavy atom. The number of aromatic nitrogens is 1. The second-order valence-corrected chi connectivity index (χ2v) is 8.60. The number of nitriles is 1. The Labute approximate surface area is 178 Å². The Hall–Kier alpha value is -3.63. The number of carbonyl (C=O) groups excluding carboxylic acids is 1. The Bertz CT molecular complexity index is 1150. The number of nitrogens with zero attached hydrogens (tertiary/aromatic N) is 2. The van der Waals surface area contributed by atoms with Crippen LogP contribution in [0.4, 0.5) is 5.13 Å². The van der Waals surface area contributed by atoms with E-state index in [9.17, 15) is 20.3 Å². The van der Waals surface area contributed by atoms with Crippen molar-refractivity contribution in [1.29, 1.82) is 5.26 Å². The highest BCUT2D eigenvalue weighted by Gasteiger charge is 2.15. The molecule has 1 heterocycles. The Morgan fingerprint density at radius 3 is 2.43 bits per heavy atom. The average molecular weight is 420 g/mol. The van der Waals surface area contributed by atoms with Crippen molar-refractivity contribution in [2.24, 2.45) is 0 Å². The van der Waals surface area contributed by atoms with E-state index in [1.807, 2.05) is 23.6 Å². The van der Waals surface area contributed by atoms with Gasteiger partial charge in [0.1, 0.15) is 11.6 Å². The van der Waals surface area contributed by atoms with Gasteiger partial charge in [0.25, 0.3) is 5.91 Å². The molecule has 1 amide bonds. The summed E-state index contributed by atoms with van der Waals surface area (Å²) in [6.45, 7) is 6.45. The standard InChI is InChI=1S/C23H21N3O3S/c1-23(2,3)17-7-5-15(6-8-17)18-13-30-22(25-18)26-21(29)16(12-24)10-14-4-9-19(27)20(28)11-14/h4-11,13,27-28H,1-3H3,(H,25,26,29)/b16-10+. The zero-order valence-corrected chi connectivity index (χ0v) is 17.6. The molecular weight excluding hydrogens is 398 g/mol. The second-order valence-electron chi connectivity index (χ2n) is 7.74. The van der Waals surface area contributed by atoms with Crippen molar-refractivity contribution in [2.45, 2.75) is 26.2 Å². The van der Waals surface area contributed by atoms with Crippen LogP contribution in [0.5, 0.6) is 11.5 Å². The summed E-state index contributed by atoms with van der Waals surface area (Å²) < 4.78 is 0.